The Hall–Kier alpha value is -4.41. The average molecular weight is 647 g/mol. The Bertz CT molecular complexity index is 1880. The van der Waals surface area contributed by atoms with E-state index in [0.29, 0.717) is 56.4 Å². The fraction of sp³-hybridized carbons (Fsp3) is 0.156. The molecule has 2 N–H and O–H groups in total. The number of amides is 1. The first-order valence-electron chi connectivity index (χ1n) is 13.2. The van der Waals surface area contributed by atoms with Crippen molar-refractivity contribution in [2.45, 2.75) is 19.9 Å². The summed E-state index contributed by atoms with van der Waals surface area (Å²) in [4.78, 5) is 33.0. The van der Waals surface area contributed by atoms with E-state index in [4.69, 9.17) is 14.5 Å². The molecule has 214 valence electrons. The molecule has 10 heteroatoms. The summed E-state index contributed by atoms with van der Waals surface area (Å²) in [6, 6.07) is 18.7. The molecule has 0 radical (unpaired) electrons. The molecule has 1 atom stereocenters. The molecule has 2 heterocycles. The molecule has 0 spiro atoms. The SMILES string of the molecule is C=CCOc1ccc(Br)cc1/C=c1\sc2n(c1=O)[C@@H](c1ccc(O)c(OCC)c1)C(C(=O)Nc1ccccc1)=C(C)N=2. The minimum atomic E-state index is -0.828. The van der Waals surface area contributed by atoms with E-state index in [2.05, 4.69) is 27.8 Å². The molecule has 1 aromatic heterocycles. The van der Waals surface area contributed by atoms with Crippen LogP contribution in [0.2, 0.25) is 0 Å². The number of aromatic hydroxyl groups is 1. The van der Waals surface area contributed by atoms with Gasteiger partial charge in [-0.05, 0) is 68.0 Å². The number of fused-ring (bicyclic) bond motifs is 1. The van der Waals surface area contributed by atoms with Crippen molar-refractivity contribution in [1.29, 1.82) is 0 Å². The molecule has 0 fully saturated rings. The molecule has 0 aliphatic carbocycles. The summed E-state index contributed by atoms with van der Waals surface area (Å²) in [5.74, 6) is 0.429. The number of hydrogen-bond donors (Lipinski definition) is 2. The van der Waals surface area contributed by atoms with Crippen molar-refractivity contribution in [2.24, 2.45) is 4.99 Å². The van der Waals surface area contributed by atoms with Crippen LogP contribution < -0.4 is 29.7 Å². The van der Waals surface area contributed by atoms with Crippen LogP contribution in [0.15, 0.2) is 105 Å². The van der Waals surface area contributed by atoms with Gasteiger partial charge in [-0.15, -0.1) is 0 Å². The number of allylic oxidation sites excluding steroid dienone is 1. The van der Waals surface area contributed by atoms with E-state index in [-0.39, 0.29) is 23.0 Å². The lowest BCUT2D eigenvalue weighted by Crippen LogP contribution is -2.40. The Labute approximate surface area is 254 Å². The third-order valence-electron chi connectivity index (χ3n) is 6.51. The van der Waals surface area contributed by atoms with E-state index in [1.165, 1.54) is 22.0 Å². The average Bonchev–Trinajstić information content (AvgIpc) is 3.27. The predicted octanol–water partition coefficient (Wildman–Crippen LogP) is 5.31. The molecular formula is C32H28BrN3O5S. The first kappa shape index (κ1) is 29.1. The Morgan fingerprint density at radius 1 is 1.14 bits per heavy atom. The minimum Gasteiger partial charge on any atom is -0.504 e. The number of phenolic OH excluding ortho intramolecular Hbond substituents is 1. The van der Waals surface area contributed by atoms with Gasteiger partial charge in [-0.2, -0.15) is 0 Å². The molecule has 5 rings (SSSR count). The zero-order valence-corrected chi connectivity index (χ0v) is 25.4. The molecule has 0 saturated heterocycles. The Morgan fingerprint density at radius 3 is 2.67 bits per heavy atom. The van der Waals surface area contributed by atoms with Crippen LogP contribution in [0.1, 0.15) is 31.0 Å². The molecule has 1 aliphatic rings. The van der Waals surface area contributed by atoms with Gasteiger partial charge in [-0.1, -0.05) is 64.2 Å². The van der Waals surface area contributed by atoms with Gasteiger partial charge in [0, 0.05) is 15.7 Å². The number of nitrogens with zero attached hydrogens (tertiary/aromatic N) is 2. The monoisotopic (exact) mass is 645 g/mol. The molecule has 0 saturated carbocycles. The van der Waals surface area contributed by atoms with E-state index < -0.39 is 6.04 Å². The fourth-order valence-electron chi connectivity index (χ4n) is 4.67. The highest BCUT2D eigenvalue weighted by molar-refractivity contribution is 9.10. The smallest absolute Gasteiger partial charge is 0.271 e. The maximum absolute atomic E-state index is 14.1. The van der Waals surface area contributed by atoms with Gasteiger partial charge in [0.15, 0.2) is 16.3 Å². The molecule has 8 nitrogen and oxygen atoms in total. The topological polar surface area (TPSA) is 102 Å². The second kappa shape index (κ2) is 12.6. The van der Waals surface area contributed by atoms with Crippen LogP contribution in [0, 0.1) is 0 Å². The summed E-state index contributed by atoms with van der Waals surface area (Å²) in [6.07, 6.45) is 3.41. The number of nitrogens with one attached hydrogen (secondary N) is 1. The van der Waals surface area contributed by atoms with E-state index in [0.717, 1.165) is 4.47 Å². The van der Waals surface area contributed by atoms with E-state index >= 15 is 0 Å². The summed E-state index contributed by atoms with van der Waals surface area (Å²) in [5.41, 5.74) is 2.37. The van der Waals surface area contributed by atoms with Crippen molar-refractivity contribution in [3.05, 3.63) is 126 Å². The van der Waals surface area contributed by atoms with Crippen LogP contribution in [0.3, 0.4) is 0 Å². The molecule has 0 unspecified atom stereocenters. The normalized spacial score (nSPS) is 14.6. The van der Waals surface area contributed by atoms with Gasteiger partial charge in [0.25, 0.3) is 11.5 Å². The van der Waals surface area contributed by atoms with Crippen LogP contribution >= 0.6 is 27.3 Å². The number of benzene rings is 3. The van der Waals surface area contributed by atoms with Gasteiger partial charge in [-0.25, -0.2) is 4.99 Å². The summed E-state index contributed by atoms with van der Waals surface area (Å²) < 4.78 is 14.2. The van der Waals surface area contributed by atoms with Gasteiger partial charge >= 0.3 is 0 Å². The van der Waals surface area contributed by atoms with Gasteiger partial charge in [-0.3, -0.25) is 14.2 Å². The number of phenols is 1. The predicted molar refractivity (Wildman–Crippen MR) is 168 cm³/mol. The highest BCUT2D eigenvalue weighted by Crippen LogP contribution is 2.36. The maximum atomic E-state index is 14.1. The Morgan fingerprint density at radius 2 is 1.93 bits per heavy atom. The first-order valence-corrected chi connectivity index (χ1v) is 14.8. The van der Waals surface area contributed by atoms with E-state index in [1.54, 1.807) is 43.3 Å². The lowest BCUT2D eigenvalue weighted by Gasteiger charge is -2.26. The van der Waals surface area contributed by atoms with Crippen molar-refractivity contribution in [2.75, 3.05) is 18.5 Å². The standard InChI is InChI=1S/C32H28BrN3O5S/c1-4-15-41-25-14-12-22(33)16-21(25)18-27-31(39)36-29(20-11-13-24(37)26(17-20)40-5-2)28(19(3)34-32(36)42-27)30(38)35-23-9-7-6-8-10-23/h4,6-14,16-18,29,37H,1,5,15H2,2-3H3,(H,35,38)/b27-18-/t29-/m0/s1. The van der Waals surface area contributed by atoms with Crippen molar-refractivity contribution in [1.82, 2.24) is 4.57 Å². The van der Waals surface area contributed by atoms with Crippen LogP contribution in [-0.4, -0.2) is 28.8 Å². The third-order valence-corrected chi connectivity index (χ3v) is 7.99. The number of carbonyl (C=O) groups excluding carboxylic acids is 1. The summed E-state index contributed by atoms with van der Waals surface area (Å²) in [6.45, 7) is 7.92. The highest BCUT2D eigenvalue weighted by Gasteiger charge is 2.33. The summed E-state index contributed by atoms with van der Waals surface area (Å²) in [7, 11) is 0. The summed E-state index contributed by atoms with van der Waals surface area (Å²) in [5, 5.41) is 13.3. The van der Waals surface area contributed by atoms with Gasteiger partial charge in [0.1, 0.15) is 12.4 Å². The number of halogens is 1. The number of thiazole rings is 1. The number of rotatable bonds is 9. The minimum absolute atomic E-state index is 0.0364. The van der Waals surface area contributed by atoms with Crippen LogP contribution in [0.5, 0.6) is 17.2 Å². The van der Waals surface area contributed by atoms with Gasteiger partial charge in [0.05, 0.1) is 28.5 Å². The first-order chi connectivity index (χ1) is 20.3. The maximum Gasteiger partial charge on any atom is 0.271 e. The Kier molecular flexibility index (Phi) is 8.75. The van der Waals surface area contributed by atoms with Crippen LogP contribution in [0.4, 0.5) is 5.69 Å². The highest BCUT2D eigenvalue weighted by atomic mass is 79.9. The quantitative estimate of drug-likeness (QED) is 0.240. The van der Waals surface area contributed by atoms with Crippen molar-refractivity contribution in [3.8, 4) is 17.2 Å². The number of ether oxygens (including phenoxy) is 2. The molecule has 1 amide bonds. The summed E-state index contributed by atoms with van der Waals surface area (Å²) >= 11 is 4.72. The fourth-order valence-corrected chi connectivity index (χ4v) is 6.09. The molecular weight excluding hydrogens is 618 g/mol. The number of aromatic nitrogens is 1. The lowest BCUT2D eigenvalue weighted by atomic mass is 9.94. The Balaban J connectivity index is 1.70. The third kappa shape index (κ3) is 5.95. The van der Waals surface area contributed by atoms with E-state index in [9.17, 15) is 14.7 Å². The van der Waals surface area contributed by atoms with Crippen LogP contribution in [-0.2, 0) is 4.79 Å². The number of carbonyl (C=O) groups is 1. The molecule has 1 aliphatic heterocycles. The number of hydrogen-bond acceptors (Lipinski definition) is 7. The lowest BCUT2D eigenvalue weighted by molar-refractivity contribution is -0.113. The van der Waals surface area contributed by atoms with Crippen molar-refractivity contribution >= 4 is 44.9 Å². The second-order valence-electron chi connectivity index (χ2n) is 9.34. The molecule has 0 bridgehead atoms. The largest absolute Gasteiger partial charge is 0.504 e. The van der Waals surface area contributed by atoms with Crippen LogP contribution in [0.25, 0.3) is 6.08 Å². The molecule has 42 heavy (non-hydrogen) atoms. The molecule has 3 aromatic carbocycles. The number of anilines is 1. The zero-order valence-electron chi connectivity index (χ0n) is 23.0. The van der Waals surface area contributed by atoms with Gasteiger partial charge in [0.2, 0.25) is 0 Å². The van der Waals surface area contributed by atoms with E-state index in [1.807, 2.05) is 43.3 Å². The molecule has 4 aromatic rings. The zero-order chi connectivity index (χ0) is 29.8. The number of para-hydroxylation sites is 1. The second-order valence-corrected chi connectivity index (χ2v) is 11.3. The van der Waals surface area contributed by atoms with Crippen molar-refractivity contribution < 1.29 is 19.4 Å². The van der Waals surface area contributed by atoms with Crippen molar-refractivity contribution in [3.63, 3.8) is 0 Å². The van der Waals surface area contributed by atoms with Gasteiger partial charge < -0.3 is 19.9 Å².